The molecule has 0 aliphatic rings. The Balaban J connectivity index is 1.73. The van der Waals surface area contributed by atoms with Crippen LogP contribution in [0.2, 0.25) is 0 Å². The lowest BCUT2D eigenvalue weighted by atomic mass is 10.2. The molecular formula is C15H22N4O. The van der Waals surface area contributed by atoms with Gasteiger partial charge < -0.3 is 10.1 Å². The molecule has 0 spiro atoms. The van der Waals surface area contributed by atoms with Gasteiger partial charge in [0.25, 0.3) is 0 Å². The van der Waals surface area contributed by atoms with Crippen molar-refractivity contribution in [3.63, 3.8) is 0 Å². The Hall–Kier alpha value is -1.88. The fourth-order valence-electron chi connectivity index (χ4n) is 1.96. The van der Waals surface area contributed by atoms with Crippen LogP contribution in [0.15, 0.2) is 36.7 Å². The number of hydrogen-bond donors (Lipinski definition) is 1. The topological polar surface area (TPSA) is 52.0 Å². The van der Waals surface area contributed by atoms with Gasteiger partial charge in [0.1, 0.15) is 5.75 Å². The van der Waals surface area contributed by atoms with E-state index < -0.39 is 0 Å². The van der Waals surface area contributed by atoms with Crippen molar-refractivity contribution < 1.29 is 4.74 Å². The molecule has 1 aromatic heterocycles. The first kappa shape index (κ1) is 14.5. The van der Waals surface area contributed by atoms with Crippen molar-refractivity contribution in [3.8, 4) is 5.75 Å². The smallest absolute Gasteiger partial charge is 0.124 e. The molecule has 0 fully saturated rings. The number of rotatable bonds is 8. The third kappa shape index (κ3) is 4.66. The van der Waals surface area contributed by atoms with Gasteiger partial charge in [-0.2, -0.15) is 0 Å². The highest BCUT2D eigenvalue weighted by Crippen LogP contribution is 2.18. The monoisotopic (exact) mass is 274 g/mol. The fraction of sp³-hybridized carbons (Fsp3) is 0.467. The second kappa shape index (κ2) is 7.65. The minimum atomic E-state index is 0.198. The summed E-state index contributed by atoms with van der Waals surface area (Å²) in [6.07, 6.45) is 4.80. The zero-order chi connectivity index (χ0) is 14.2. The van der Waals surface area contributed by atoms with E-state index in [0.29, 0.717) is 0 Å². The molecule has 0 bridgehead atoms. The summed E-state index contributed by atoms with van der Waals surface area (Å²) in [4.78, 5) is 0. The lowest BCUT2D eigenvalue weighted by molar-refractivity contribution is 0.239. The summed E-state index contributed by atoms with van der Waals surface area (Å²) in [5.74, 6) is 0.964. The molecule has 1 N–H and O–H groups in total. The maximum absolute atomic E-state index is 5.80. The highest BCUT2D eigenvalue weighted by Gasteiger charge is 2.04. The van der Waals surface area contributed by atoms with Crippen LogP contribution in [0, 0.1) is 0 Å². The molecule has 0 atom stereocenters. The van der Waals surface area contributed by atoms with E-state index in [-0.39, 0.29) is 6.10 Å². The minimum Gasteiger partial charge on any atom is -0.491 e. The molecule has 2 aromatic rings. The van der Waals surface area contributed by atoms with Crippen molar-refractivity contribution in [1.82, 2.24) is 20.3 Å². The molecule has 0 radical (unpaired) electrons. The van der Waals surface area contributed by atoms with Gasteiger partial charge in [0.2, 0.25) is 0 Å². The summed E-state index contributed by atoms with van der Waals surface area (Å²) in [6.45, 7) is 6.73. The number of nitrogens with one attached hydrogen (secondary N) is 1. The zero-order valence-corrected chi connectivity index (χ0v) is 12.1. The van der Waals surface area contributed by atoms with Gasteiger partial charge in [-0.15, -0.1) is 5.10 Å². The fourth-order valence-corrected chi connectivity index (χ4v) is 1.96. The number of nitrogens with zero attached hydrogens (tertiary/aromatic N) is 3. The van der Waals surface area contributed by atoms with Crippen LogP contribution in [0.3, 0.4) is 0 Å². The minimum absolute atomic E-state index is 0.198. The van der Waals surface area contributed by atoms with Gasteiger partial charge in [-0.3, -0.25) is 4.68 Å². The van der Waals surface area contributed by atoms with E-state index in [9.17, 15) is 0 Å². The zero-order valence-electron chi connectivity index (χ0n) is 12.1. The second-order valence-electron chi connectivity index (χ2n) is 4.97. The first-order valence-electron chi connectivity index (χ1n) is 7.05. The summed E-state index contributed by atoms with van der Waals surface area (Å²) in [6, 6.07) is 8.17. The van der Waals surface area contributed by atoms with Crippen LogP contribution >= 0.6 is 0 Å². The highest BCUT2D eigenvalue weighted by molar-refractivity contribution is 5.33. The molecule has 0 amide bonds. The molecule has 20 heavy (non-hydrogen) atoms. The molecule has 0 aliphatic heterocycles. The van der Waals surface area contributed by atoms with Crippen molar-refractivity contribution in [1.29, 1.82) is 0 Å². The summed E-state index contributed by atoms with van der Waals surface area (Å²) in [7, 11) is 0. The van der Waals surface area contributed by atoms with Crippen molar-refractivity contribution >= 4 is 0 Å². The molecule has 5 heteroatoms. The van der Waals surface area contributed by atoms with E-state index in [2.05, 4.69) is 21.7 Å². The maximum Gasteiger partial charge on any atom is 0.124 e. The van der Waals surface area contributed by atoms with Gasteiger partial charge in [-0.05, 0) is 32.9 Å². The Morgan fingerprint density at radius 2 is 2.15 bits per heavy atom. The van der Waals surface area contributed by atoms with E-state index in [1.54, 1.807) is 6.20 Å². The number of hydrogen-bond acceptors (Lipinski definition) is 4. The lowest BCUT2D eigenvalue weighted by Gasteiger charge is -2.14. The Kier molecular flexibility index (Phi) is 5.55. The molecule has 0 aliphatic carbocycles. The Morgan fingerprint density at radius 3 is 2.90 bits per heavy atom. The predicted octanol–water partition coefficient (Wildman–Crippen LogP) is 2.25. The van der Waals surface area contributed by atoms with E-state index in [0.717, 1.165) is 31.8 Å². The molecular weight excluding hydrogens is 252 g/mol. The van der Waals surface area contributed by atoms with Crippen LogP contribution in [0.25, 0.3) is 0 Å². The Morgan fingerprint density at radius 1 is 1.30 bits per heavy atom. The normalized spacial score (nSPS) is 10.9. The third-order valence-corrected chi connectivity index (χ3v) is 2.86. The molecule has 1 aromatic carbocycles. The third-order valence-electron chi connectivity index (χ3n) is 2.86. The molecule has 1 heterocycles. The van der Waals surface area contributed by atoms with E-state index >= 15 is 0 Å². The Labute approximate surface area is 120 Å². The van der Waals surface area contributed by atoms with Crippen LogP contribution in [0.1, 0.15) is 25.8 Å². The van der Waals surface area contributed by atoms with Crippen molar-refractivity contribution in [3.05, 3.63) is 42.2 Å². The number of para-hydroxylation sites is 1. The number of aromatic nitrogens is 3. The number of aryl methyl sites for hydroxylation is 1. The largest absolute Gasteiger partial charge is 0.491 e. The standard InChI is InChI=1S/C15H22N4O/c1-13(2)20-15-7-4-3-6-14(15)12-16-8-5-10-19-11-9-17-18-19/h3-4,6-7,9,11,13,16H,5,8,10,12H2,1-2H3. The first-order chi connectivity index (χ1) is 9.75. The number of ether oxygens (including phenoxy) is 1. The summed E-state index contributed by atoms with van der Waals surface area (Å²) in [5, 5.41) is 11.2. The van der Waals surface area contributed by atoms with Gasteiger partial charge >= 0.3 is 0 Å². The van der Waals surface area contributed by atoms with Crippen LogP contribution in [0.5, 0.6) is 5.75 Å². The van der Waals surface area contributed by atoms with E-state index in [4.69, 9.17) is 4.74 Å². The average Bonchev–Trinajstić information content (AvgIpc) is 2.93. The summed E-state index contributed by atoms with van der Waals surface area (Å²) in [5.41, 5.74) is 1.20. The van der Waals surface area contributed by atoms with Gasteiger partial charge in [-0.1, -0.05) is 23.4 Å². The van der Waals surface area contributed by atoms with Gasteiger partial charge in [0, 0.05) is 24.8 Å². The first-order valence-corrected chi connectivity index (χ1v) is 7.05. The van der Waals surface area contributed by atoms with Gasteiger partial charge in [0.05, 0.1) is 12.3 Å². The predicted molar refractivity (Wildman–Crippen MR) is 78.6 cm³/mol. The second-order valence-corrected chi connectivity index (χ2v) is 4.97. The van der Waals surface area contributed by atoms with Crippen molar-refractivity contribution in [2.45, 2.75) is 39.5 Å². The quantitative estimate of drug-likeness (QED) is 0.750. The highest BCUT2D eigenvalue weighted by atomic mass is 16.5. The van der Waals surface area contributed by atoms with Crippen LogP contribution in [-0.4, -0.2) is 27.6 Å². The van der Waals surface area contributed by atoms with E-state index in [1.807, 2.05) is 42.9 Å². The Bertz CT molecular complexity index is 496. The number of benzene rings is 1. The molecule has 0 saturated carbocycles. The van der Waals surface area contributed by atoms with Crippen LogP contribution in [-0.2, 0) is 13.1 Å². The SMILES string of the molecule is CC(C)Oc1ccccc1CNCCCn1ccnn1. The van der Waals surface area contributed by atoms with Gasteiger partial charge in [0.15, 0.2) is 0 Å². The maximum atomic E-state index is 5.80. The molecule has 0 unspecified atom stereocenters. The molecule has 108 valence electrons. The molecule has 2 rings (SSSR count). The van der Waals surface area contributed by atoms with Crippen LogP contribution in [0.4, 0.5) is 0 Å². The van der Waals surface area contributed by atoms with Crippen molar-refractivity contribution in [2.75, 3.05) is 6.54 Å². The summed E-state index contributed by atoms with van der Waals surface area (Å²) < 4.78 is 7.64. The van der Waals surface area contributed by atoms with Crippen molar-refractivity contribution in [2.24, 2.45) is 0 Å². The lowest BCUT2D eigenvalue weighted by Crippen LogP contribution is -2.18. The van der Waals surface area contributed by atoms with E-state index in [1.165, 1.54) is 5.56 Å². The molecule has 5 nitrogen and oxygen atoms in total. The average molecular weight is 274 g/mol. The summed E-state index contributed by atoms with van der Waals surface area (Å²) >= 11 is 0. The van der Waals surface area contributed by atoms with Crippen LogP contribution < -0.4 is 10.1 Å². The molecule has 0 saturated heterocycles. The van der Waals surface area contributed by atoms with Gasteiger partial charge in [-0.25, -0.2) is 0 Å².